The van der Waals surface area contributed by atoms with Gasteiger partial charge in [-0.25, -0.2) is 0 Å². The number of hydrogen-bond donors (Lipinski definition) is 1. The van der Waals surface area contributed by atoms with Crippen LogP contribution in [0.1, 0.15) is 19.8 Å². The topological polar surface area (TPSA) is 64.4 Å². The van der Waals surface area contributed by atoms with E-state index in [4.69, 9.17) is 16.3 Å². The highest BCUT2D eigenvalue weighted by Gasteiger charge is 2.31. The Morgan fingerprint density at radius 1 is 1.56 bits per heavy atom. The first-order valence-electron chi connectivity index (χ1n) is 5.92. The average molecular weight is 271 g/mol. The number of nitrogens with one attached hydrogen (secondary N) is 1. The lowest BCUT2D eigenvalue weighted by Gasteiger charge is -2.36. The molecular formula is C12H15ClN2O3. The molecule has 6 heteroatoms. The molecule has 18 heavy (non-hydrogen) atoms. The van der Waals surface area contributed by atoms with Gasteiger partial charge in [-0.3, -0.25) is 10.1 Å². The zero-order valence-electron chi connectivity index (χ0n) is 10.1. The molecule has 1 aromatic rings. The number of nitro benzene ring substituents is 1. The first-order chi connectivity index (χ1) is 8.61. The summed E-state index contributed by atoms with van der Waals surface area (Å²) in [6.07, 6.45) is 1.97. The van der Waals surface area contributed by atoms with E-state index in [1.165, 1.54) is 6.07 Å². The maximum Gasteiger partial charge on any atom is 0.293 e. The van der Waals surface area contributed by atoms with Gasteiger partial charge in [-0.15, -0.1) is 0 Å². The van der Waals surface area contributed by atoms with Gasteiger partial charge >= 0.3 is 0 Å². The average Bonchev–Trinajstić information content (AvgIpc) is 2.28. The van der Waals surface area contributed by atoms with Crippen LogP contribution in [0.15, 0.2) is 18.2 Å². The van der Waals surface area contributed by atoms with Gasteiger partial charge in [-0.2, -0.15) is 0 Å². The van der Waals surface area contributed by atoms with Crippen LogP contribution >= 0.6 is 11.6 Å². The second-order valence-electron chi connectivity index (χ2n) is 4.28. The fourth-order valence-electron chi connectivity index (χ4n) is 2.07. The second kappa shape index (κ2) is 5.54. The highest BCUT2D eigenvalue weighted by atomic mass is 35.5. The molecule has 0 atom stereocenters. The fraction of sp³-hybridized carbons (Fsp3) is 0.500. The van der Waals surface area contributed by atoms with Crippen LogP contribution < -0.4 is 5.32 Å². The zero-order valence-corrected chi connectivity index (χ0v) is 10.8. The van der Waals surface area contributed by atoms with Gasteiger partial charge in [0.15, 0.2) is 0 Å². The Balaban J connectivity index is 2.04. The van der Waals surface area contributed by atoms with Crippen LogP contribution in [0.3, 0.4) is 0 Å². The lowest BCUT2D eigenvalue weighted by molar-refractivity contribution is -0.384. The van der Waals surface area contributed by atoms with Gasteiger partial charge < -0.3 is 10.1 Å². The lowest BCUT2D eigenvalue weighted by Crippen LogP contribution is -2.41. The summed E-state index contributed by atoms with van der Waals surface area (Å²) in [6.45, 7) is 2.66. The third kappa shape index (κ3) is 2.73. The van der Waals surface area contributed by atoms with Crippen LogP contribution in [0.25, 0.3) is 0 Å². The summed E-state index contributed by atoms with van der Waals surface area (Å²) < 4.78 is 5.45. The molecule has 1 aliphatic rings. The van der Waals surface area contributed by atoms with Crippen molar-refractivity contribution in [2.45, 2.75) is 31.9 Å². The Hall–Kier alpha value is -1.33. The van der Waals surface area contributed by atoms with Crippen molar-refractivity contribution < 1.29 is 9.66 Å². The normalized spacial score (nSPS) is 22.3. The summed E-state index contributed by atoms with van der Waals surface area (Å²) in [5, 5.41) is 14.4. The molecule has 0 aliphatic heterocycles. The minimum atomic E-state index is -0.424. The molecular weight excluding hydrogens is 256 g/mol. The summed E-state index contributed by atoms with van der Waals surface area (Å²) >= 11 is 6.00. The maximum atomic E-state index is 10.9. The van der Waals surface area contributed by atoms with Gasteiger partial charge in [0.25, 0.3) is 5.69 Å². The van der Waals surface area contributed by atoms with Gasteiger partial charge in [0.05, 0.1) is 16.0 Å². The van der Waals surface area contributed by atoms with Crippen LogP contribution in [-0.4, -0.2) is 23.7 Å². The van der Waals surface area contributed by atoms with Crippen molar-refractivity contribution in [3.8, 4) is 0 Å². The van der Waals surface area contributed by atoms with Gasteiger partial charge in [-0.1, -0.05) is 17.7 Å². The van der Waals surface area contributed by atoms with Crippen molar-refractivity contribution in [3.05, 3.63) is 33.3 Å². The lowest BCUT2D eigenvalue weighted by atomic mass is 9.89. The zero-order chi connectivity index (χ0) is 13.1. The highest BCUT2D eigenvalue weighted by molar-refractivity contribution is 6.33. The number of rotatable bonds is 5. The summed E-state index contributed by atoms with van der Waals surface area (Å²) in [5.41, 5.74) is 0.423. The molecule has 1 aromatic carbocycles. The Bertz CT molecular complexity index is 447. The van der Waals surface area contributed by atoms with Crippen molar-refractivity contribution in [2.75, 3.05) is 11.9 Å². The minimum Gasteiger partial charge on any atom is -0.378 e. The maximum absolute atomic E-state index is 10.9. The van der Waals surface area contributed by atoms with Crippen LogP contribution in [0.4, 0.5) is 11.4 Å². The van der Waals surface area contributed by atoms with Crippen molar-refractivity contribution in [1.82, 2.24) is 0 Å². The van der Waals surface area contributed by atoms with Gasteiger partial charge in [-0.05, 0) is 25.8 Å². The number of halogens is 1. The molecule has 0 heterocycles. The first-order valence-corrected chi connectivity index (χ1v) is 6.30. The summed E-state index contributed by atoms with van der Waals surface area (Å²) in [4.78, 5) is 10.5. The summed E-state index contributed by atoms with van der Waals surface area (Å²) in [6, 6.07) is 4.87. The van der Waals surface area contributed by atoms with E-state index in [0.29, 0.717) is 17.3 Å². The molecule has 2 rings (SSSR count). The fourth-order valence-corrected chi connectivity index (χ4v) is 2.29. The largest absolute Gasteiger partial charge is 0.378 e. The van der Waals surface area contributed by atoms with E-state index >= 15 is 0 Å². The van der Waals surface area contributed by atoms with Gasteiger partial charge in [0.2, 0.25) is 0 Å². The molecule has 98 valence electrons. The summed E-state index contributed by atoms with van der Waals surface area (Å²) in [5.74, 6) is 0. The van der Waals surface area contributed by atoms with Crippen molar-refractivity contribution in [1.29, 1.82) is 0 Å². The smallest absolute Gasteiger partial charge is 0.293 e. The Labute approximate surface area is 110 Å². The predicted octanol–water partition coefficient (Wildman–Crippen LogP) is 3.23. The third-order valence-corrected chi connectivity index (χ3v) is 3.35. The molecule has 0 spiro atoms. The Kier molecular flexibility index (Phi) is 4.04. The number of nitro groups is 1. The van der Waals surface area contributed by atoms with E-state index in [0.717, 1.165) is 12.8 Å². The van der Waals surface area contributed by atoms with E-state index in [-0.39, 0.29) is 17.8 Å². The quantitative estimate of drug-likeness (QED) is 0.659. The molecule has 0 amide bonds. The molecule has 1 saturated carbocycles. The third-order valence-electron chi connectivity index (χ3n) is 3.03. The molecule has 1 fully saturated rings. The molecule has 0 bridgehead atoms. The SMILES string of the molecule is CCOC1CC(Nc2c(Cl)cccc2[N+](=O)[O-])C1. The number of nitrogens with zero attached hydrogens (tertiary/aromatic N) is 1. The van der Waals surface area contributed by atoms with Crippen LogP contribution in [0.2, 0.25) is 5.02 Å². The van der Waals surface area contributed by atoms with Crippen LogP contribution in [0.5, 0.6) is 0 Å². The standard InChI is InChI=1S/C12H15ClN2O3/c1-2-18-9-6-8(7-9)14-12-10(13)4-3-5-11(12)15(16)17/h3-5,8-9,14H,2,6-7H2,1H3. The molecule has 0 saturated heterocycles. The van der Waals surface area contributed by atoms with Crippen molar-refractivity contribution in [3.63, 3.8) is 0 Å². The molecule has 5 nitrogen and oxygen atoms in total. The molecule has 0 aromatic heterocycles. The molecule has 0 unspecified atom stereocenters. The van der Waals surface area contributed by atoms with E-state index in [1.54, 1.807) is 12.1 Å². The number of anilines is 1. The van der Waals surface area contributed by atoms with Crippen LogP contribution in [-0.2, 0) is 4.74 Å². The highest BCUT2D eigenvalue weighted by Crippen LogP contribution is 2.35. The predicted molar refractivity (Wildman–Crippen MR) is 70.2 cm³/mol. The molecule has 1 aliphatic carbocycles. The summed E-state index contributed by atoms with van der Waals surface area (Å²) in [7, 11) is 0. The van der Waals surface area contributed by atoms with Gasteiger partial charge in [0, 0.05) is 18.7 Å². The monoisotopic (exact) mass is 270 g/mol. The first kappa shape index (κ1) is 13.1. The number of hydrogen-bond acceptors (Lipinski definition) is 4. The second-order valence-corrected chi connectivity index (χ2v) is 4.69. The van der Waals surface area contributed by atoms with E-state index in [2.05, 4.69) is 5.32 Å². The number of ether oxygens (including phenoxy) is 1. The minimum absolute atomic E-state index is 0.0161. The molecule has 0 radical (unpaired) electrons. The molecule has 1 N–H and O–H groups in total. The van der Waals surface area contributed by atoms with Crippen molar-refractivity contribution >= 4 is 23.0 Å². The van der Waals surface area contributed by atoms with E-state index in [9.17, 15) is 10.1 Å². The van der Waals surface area contributed by atoms with E-state index in [1.807, 2.05) is 6.92 Å². The Morgan fingerprint density at radius 3 is 2.89 bits per heavy atom. The Morgan fingerprint density at radius 2 is 2.28 bits per heavy atom. The number of para-hydroxylation sites is 1. The van der Waals surface area contributed by atoms with Crippen molar-refractivity contribution in [2.24, 2.45) is 0 Å². The van der Waals surface area contributed by atoms with Crippen LogP contribution in [0, 0.1) is 10.1 Å². The van der Waals surface area contributed by atoms with E-state index < -0.39 is 4.92 Å². The number of benzene rings is 1. The van der Waals surface area contributed by atoms with Gasteiger partial charge in [0.1, 0.15) is 5.69 Å².